The van der Waals surface area contributed by atoms with Gasteiger partial charge in [-0.2, -0.15) is 0 Å². The Morgan fingerprint density at radius 3 is 2.76 bits per heavy atom. The molecule has 21 heavy (non-hydrogen) atoms. The van der Waals surface area contributed by atoms with E-state index in [1.165, 1.54) is 18.7 Å². The third-order valence-corrected chi connectivity index (χ3v) is 4.95. The summed E-state index contributed by atoms with van der Waals surface area (Å²) in [5.74, 6) is -1.96. The first kappa shape index (κ1) is 14.4. The smallest absolute Gasteiger partial charge is 0.248 e. The molecule has 0 saturated carbocycles. The van der Waals surface area contributed by atoms with Gasteiger partial charge in [-0.3, -0.25) is 14.4 Å². The lowest BCUT2D eigenvalue weighted by Gasteiger charge is -2.14. The zero-order valence-electron chi connectivity index (χ0n) is 11.2. The number of halogens is 1. The number of carbonyl (C=O) groups is 3. The molecule has 0 bridgehead atoms. The van der Waals surface area contributed by atoms with Crippen molar-refractivity contribution in [1.82, 2.24) is 0 Å². The molecular weight excluding hydrogens is 310 g/mol. The van der Waals surface area contributed by atoms with E-state index in [2.05, 4.69) is 0 Å². The third kappa shape index (κ3) is 2.30. The predicted molar refractivity (Wildman–Crippen MR) is 82.5 cm³/mol. The molecule has 0 saturated heterocycles. The maximum Gasteiger partial charge on any atom is 0.248 e. The van der Waals surface area contributed by atoms with E-state index in [0.29, 0.717) is 22.7 Å². The quantitative estimate of drug-likeness (QED) is 0.786. The molecule has 2 aliphatic rings. The minimum atomic E-state index is -0.931. The number of fused-ring (bicyclic) bond motifs is 1. The van der Waals surface area contributed by atoms with Gasteiger partial charge in [-0.15, -0.1) is 11.8 Å². The fourth-order valence-corrected chi connectivity index (χ4v) is 3.78. The van der Waals surface area contributed by atoms with Gasteiger partial charge in [0.05, 0.1) is 10.9 Å². The fourth-order valence-electron chi connectivity index (χ4n) is 2.70. The molecule has 1 aromatic rings. The maximum absolute atomic E-state index is 12.6. The van der Waals surface area contributed by atoms with Crippen LogP contribution in [0.3, 0.4) is 0 Å². The Hall–Kier alpha value is -1.59. The summed E-state index contributed by atoms with van der Waals surface area (Å²) < 4.78 is 0. The van der Waals surface area contributed by atoms with Crippen molar-refractivity contribution in [1.29, 1.82) is 0 Å². The molecule has 0 spiro atoms. The van der Waals surface area contributed by atoms with Crippen LogP contribution in [-0.4, -0.2) is 22.8 Å². The molecule has 6 heteroatoms. The number of rotatable bonds is 2. The summed E-state index contributed by atoms with van der Waals surface area (Å²) in [6.07, 6.45) is 2.53. The highest BCUT2D eigenvalue weighted by Crippen LogP contribution is 2.42. The third-order valence-electron chi connectivity index (χ3n) is 3.61. The number of nitrogens with zero attached hydrogens (tertiary/aromatic N) is 1. The van der Waals surface area contributed by atoms with E-state index in [4.69, 9.17) is 11.6 Å². The predicted octanol–water partition coefficient (Wildman–Crippen LogP) is 2.91. The van der Waals surface area contributed by atoms with Crippen LogP contribution >= 0.6 is 23.4 Å². The number of thioether (sulfide) groups is 1. The highest BCUT2D eigenvalue weighted by atomic mass is 35.5. The SMILES string of the molecule is CC(=O)N1C(=O)C(C(=O)C2CC=CS2)c2cc(Cl)ccc21. The van der Waals surface area contributed by atoms with Gasteiger partial charge in [-0.05, 0) is 35.6 Å². The lowest BCUT2D eigenvalue weighted by molar-refractivity contribution is -0.129. The molecule has 1 aromatic carbocycles. The van der Waals surface area contributed by atoms with Gasteiger partial charge in [0.25, 0.3) is 0 Å². The number of anilines is 1. The van der Waals surface area contributed by atoms with Crippen LogP contribution in [0.2, 0.25) is 5.02 Å². The van der Waals surface area contributed by atoms with E-state index in [-0.39, 0.29) is 11.0 Å². The lowest BCUT2D eigenvalue weighted by Crippen LogP contribution is -2.37. The van der Waals surface area contributed by atoms with E-state index >= 15 is 0 Å². The first-order valence-corrected chi connectivity index (χ1v) is 7.81. The highest BCUT2D eigenvalue weighted by Gasteiger charge is 2.45. The summed E-state index contributed by atoms with van der Waals surface area (Å²) in [5.41, 5.74) is 0.992. The van der Waals surface area contributed by atoms with Crippen LogP contribution in [0.1, 0.15) is 24.8 Å². The molecule has 3 rings (SSSR count). The van der Waals surface area contributed by atoms with Gasteiger partial charge in [-0.1, -0.05) is 17.7 Å². The summed E-state index contributed by atoms with van der Waals surface area (Å²) in [6, 6.07) is 4.83. The Morgan fingerprint density at radius 2 is 2.14 bits per heavy atom. The summed E-state index contributed by atoms with van der Waals surface area (Å²) in [4.78, 5) is 38.0. The molecule has 2 unspecified atom stereocenters. The molecule has 0 aromatic heterocycles. The molecular formula is C15H12ClNO3S. The second kappa shape index (κ2) is 5.31. The number of allylic oxidation sites excluding steroid dienone is 1. The van der Waals surface area contributed by atoms with Gasteiger partial charge in [0.15, 0.2) is 5.78 Å². The van der Waals surface area contributed by atoms with Crippen molar-refractivity contribution in [3.63, 3.8) is 0 Å². The van der Waals surface area contributed by atoms with Crippen molar-refractivity contribution < 1.29 is 14.4 Å². The van der Waals surface area contributed by atoms with E-state index in [1.807, 2.05) is 11.5 Å². The van der Waals surface area contributed by atoms with E-state index in [1.54, 1.807) is 18.2 Å². The Labute approximate surface area is 131 Å². The van der Waals surface area contributed by atoms with Crippen LogP contribution in [-0.2, 0) is 14.4 Å². The van der Waals surface area contributed by atoms with Crippen molar-refractivity contribution in [2.75, 3.05) is 4.90 Å². The van der Waals surface area contributed by atoms with Gasteiger partial charge in [0, 0.05) is 11.9 Å². The number of hydrogen-bond acceptors (Lipinski definition) is 4. The largest absolute Gasteiger partial charge is 0.297 e. The minimum absolute atomic E-state index is 0.165. The molecule has 0 fully saturated rings. The molecule has 0 aliphatic carbocycles. The van der Waals surface area contributed by atoms with E-state index in [0.717, 1.165) is 4.90 Å². The highest BCUT2D eigenvalue weighted by molar-refractivity contribution is 8.03. The molecule has 4 nitrogen and oxygen atoms in total. The number of imide groups is 1. The van der Waals surface area contributed by atoms with Crippen LogP contribution in [0.4, 0.5) is 5.69 Å². The molecule has 2 heterocycles. The number of carbonyl (C=O) groups excluding carboxylic acids is 3. The van der Waals surface area contributed by atoms with Crippen LogP contribution < -0.4 is 4.90 Å². The number of hydrogen-bond donors (Lipinski definition) is 0. The minimum Gasteiger partial charge on any atom is -0.297 e. The van der Waals surface area contributed by atoms with E-state index < -0.39 is 17.7 Å². The normalized spacial score (nSPS) is 23.5. The summed E-state index contributed by atoms with van der Waals surface area (Å²) in [7, 11) is 0. The molecule has 0 N–H and O–H groups in total. The molecule has 0 radical (unpaired) electrons. The Kier molecular flexibility index (Phi) is 3.63. The molecule has 2 atom stereocenters. The molecule has 108 valence electrons. The number of ketones is 1. The topological polar surface area (TPSA) is 54.5 Å². The zero-order chi connectivity index (χ0) is 15.1. The van der Waals surface area contributed by atoms with Gasteiger partial charge >= 0.3 is 0 Å². The van der Waals surface area contributed by atoms with Gasteiger partial charge in [-0.25, -0.2) is 4.90 Å². The number of amides is 2. The Bertz CT molecular complexity index is 677. The first-order valence-electron chi connectivity index (χ1n) is 6.49. The Balaban J connectivity index is 2.05. The average molecular weight is 322 g/mol. The van der Waals surface area contributed by atoms with E-state index in [9.17, 15) is 14.4 Å². The number of benzene rings is 1. The zero-order valence-corrected chi connectivity index (χ0v) is 12.8. The second-order valence-electron chi connectivity index (χ2n) is 4.96. The van der Waals surface area contributed by atoms with Crippen molar-refractivity contribution in [3.05, 3.63) is 40.3 Å². The fraction of sp³-hybridized carbons (Fsp3) is 0.267. The first-order chi connectivity index (χ1) is 10.0. The van der Waals surface area contributed by atoms with Crippen molar-refractivity contribution in [3.8, 4) is 0 Å². The van der Waals surface area contributed by atoms with Crippen LogP contribution in [0, 0.1) is 0 Å². The van der Waals surface area contributed by atoms with Crippen molar-refractivity contribution >= 4 is 46.6 Å². The van der Waals surface area contributed by atoms with Crippen LogP contribution in [0.15, 0.2) is 29.7 Å². The monoisotopic (exact) mass is 321 g/mol. The molecule has 2 amide bonds. The standard InChI is InChI=1S/C15H12ClNO3S/c1-8(18)17-11-5-4-9(16)7-10(11)13(15(17)20)14(19)12-3-2-6-21-12/h2,4-7,12-13H,3H2,1H3. The van der Waals surface area contributed by atoms with Crippen LogP contribution in [0.25, 0.3) is 0 Å². The van der Waals surface area contributed by atoms with Crippen molar-refractivity contribution in [2.45, 2.75) is 24.5 Å². The Morgan fingerprint density at radius 1 is 1.38 bits per heavy atom. The second-order valence-corrected chi connectivity index (χ2v) is 6.51. The average Bonchev–Trinajstić information content (AvgIpc) is 3.03. The molecule has 2 aliphatic heterocycles. The van der Waals surface area contributed by atoms with Crippen molar-refractivity contribution in [2.24, 2.45) is 0 Å². The lowest BCUT2D eigenvalue weighted by atomic mass is 9.93. The summed E-state index contributed by atoms with van der Waals surface area (Å²) >= 11 is 7.39. The number of Topliss-reactive ketones (excluding diaryl/α,β-unsaturated/α-hetero) is 1. The summed E-state index contributed by atoms with van der Waals surface area (Å²) in [5, 5.41) is 2.04. The van der Waals surface area contributed by atoms with Gasteiger partial charge < -0.3 is 0 Å². The van der Waals surface area contributed by atoms with Gasteiger partial charge in [0.2, 0.25) is 11.8 Å². The summed E-state index contributed by atoms with van der Waals surface area (Å²) in [6.45, 7) is 1.31. The van der Waals surface area contributed by atoms with Crippen LogP contribution in [0.5, 0.6) is 0 Å². The maximum atomic E-state index is 12.6. The van der Waals surface area contributed by atoms with Gasteiger partial charge in [0.1, 0.15) is 5.92 Å².